The molecule has 0 aromatic rings. The standard InChI is InChI=1S/C19H35NO2/c1-3-4-5-6-7-8-10-13-17(2)14-11-9-12-15-19(22)18(20)16-21/h10,12-15,18-19,21-22H,3-9,11,16,20H2,1-2H3/b13-10+,15-12+,17-14+/t18-,19+/m0/s1. The Labute approximate surface area is 136 Å². The summed E-state index contributed by atoms with van der Waals surface area (Å²) in [6.45, 7) is 4.16. The molecular weight excluding hydrogens is 274 g/mol. The van der Waals surface area contributed by atoms with Crippen LogP contribution in [0.5, 0.6) is 0 Å². The van der Waals surface area contributed by atoms with Crippen LogP contribution in [0.2, 0.25) is 0 Å². The number of aliphatic hydroxyl groups excluding tert-OH is 2. The fraction of sp³-hybridized carbons (Fsp3) is 0.684. The fourth-order valence-corrected chi connectivity index (χ4v) is 2.10. The van der Waals surface area contributed by atoms with Crippen molar-refractivity contribution in [2.75, 3.05) is 6.61 Å². The second-order valence-electron chi connectivity index (χ2n) is 5.90. The second-order valence-corrected chi connectivity index (χ2v) is 5.90. The van der Waals surface area contributed by atoms with Crippen LogP contribution in [0.3, 0.4) is 0 Å². The first-order valence-corrected chi connectivity index (χ1v) is 8.66. The molecule has 0 saturated carbocycles. The summed E-state index contributed by atoms with van der Waals surface area (Å²) in [5.41, 5.74) is 6.80. The lowest BCUT2D eigenvalue weighted by molar-refractivity contribution is 0.144. The Balaban J connectivity index is 3.73. The molecular formula is C19H35NO2. The van der Waals surface area contributed by atoms with Crippen LogP contribution >= 0.6 is 0 Å². The van der Waals surface area contributed by atoms with Crippen molar-refractivity contribution in [1.29, 1.82) is 0 Å². The van der Waals surface area contributed by atoms with Crippen LogP contribution in [0.25, 0.3) is 0 Å². The van der Waals surface area contributed by atoms with Crippen molar-refractivity contribution < 1.29 is 10.2 Å². The number of rotatable bonds is 13. The molecule has 0 aromatic heterocycles. The molecule has 0 aliphatic rings. The molecule has 2 atom stereocenters. The molecule has 0 fully saturated rings. The van der Waals surface area contributed by atoms with Gasteiger partial charge in [-0.2, -0.15) is 0 Å². The van der Waals surface area contributed by atoms with Gasteiger partial charge in [-0.05, 0) is 32.6 Å². The Kier molecular flexibility index (Phi) is 14.4. The first-order valence-electron chi connectivity index (χ1n) is 8.66. The Hall–Kier alpha value is -0.900. The fourth-order valence-electron chi connectivity index (χ4n) is 2.10. The van der Waals surface area contributed by atoms with E-state index in [-0.39, 0.29) is 6.61 Å². The molecule has 0 aromatic carbocycles. The molecule has 3 heteroatoms. The minimum atomic E-state index is -0.761. The molecule has 0 bridgehead atoms. The van der Waals surface area contributed by atoms with Crippen molar-refractivity contribution in [2.45, 2.75) is 77.4 Å². The lowest BCUT2D eigenvalue weighted by atomic mass is 10.1. The van der Waals surface area contributed by atoms with Crippen molar-refractivity contribution in [1.82, 2.24) is 0 Å². The van der Waals surface area contributed by atoms with E-state index in [1.165, 1.54) is 44.1 Å². The smallest absolute Gasteiger partial charge is 0.0894 e. The molecule has 0 heterocycles. The molecule has 0 radical (unpaired) electrons. The monoisotopic (exact) mass is 309 g/mol. The lowest BCUT2D eigenvalue weighted by Gasteiger charge is -2.11. The first-order chi connectivity index (χ1) is 10.6. The highest BCUT2D eigenvalue weighted by Crippen LogP contribution is 2.07. The SMILES string of the molecule is CCCCCCC/C=C/C(C)=C/CC/C=C/[C@@H](O)[C@@H](N)CO. The van der Waals surface area contributed by atoms with E-state index in [0.717, 1.165) is 12.8 Å². The van der Waals surface area contributed by atoms with Crippen LogP contribution in [-0.2, 0) is 0 Å². The van der Waals surface area contributed by atoms with Gasteiger partial charge in [-0.15, -0.1) is 0 Å². The topological polar surface area (TPSA) is 66.5 Å². The predicted molar refractivity (Wildman–Crippen MR) is 95.7 cm³/mol. The molecule has 22 heavy (non-hydrogen) atoms. The minimum absolute atomic E-state index is 0.201. The highest BCUT2D eigenvalue weighted by molar-refractivity contribution is 5.15. The summed E-state index contributed by atoms with van der Waals surface area (Å²) >= 11 is 0. The van der Waals surface area contributed by atoms with Gasteiger partial charge in [-0.3, -0.25) is 0 Å². The van der Waals surface area contributed by atoms with Crippen LogP contribution < -0.4 is 5.73 Å². The third kappa shape index (κ3) is 12.8. The third-order valence-corrected chi connectivity index (χ3v) is 3.64. The zero-order valence-corrected chi connectivity index (χ0v) is 14.4. The Bertz CT molecular complexity index is 334. The van der Waals surface area contributed by atoms with Gasteiger partial charge in [0.05, 0.1) is 18.8 Å². The van der Waals surface area contributed by atoms with E-state index >= 15 is 0 Å². The van der Waals surface area contributed by atoms with E-state index < -0.39 is 12.1 Å². The van der Waals surface area contributed by atoms with Gasteiger partial charge in [0.2, 0.25) is 0 Å². The predicted octanol–water partition coefficient (Wildman–Crippen LogP) is 3.87. The molecule has 0 rings (SSSR count). The summed E-state index contributed by atoms with van der Waals surface area (Å²) in [7, 11) is 0. The maximum atomic E-state index is 9.55. The maximum absolute atomic E-state index is 9.55. The lowest BCUT2D eigenvalue weighted by Crippen LogP contribution is -2.36. The maximum Gasteiger partial charge on any atom is 0.0894 e. The summed E-state index contributed by atoms with van der Waals surface area (Å²) in [4.78, 5) is 0. The van der Waals surface area contributed by atoms with E-state index in [2.05, 4.69) is 32.1 Å². The van der Waals surface area contributed by atoms with Gasteiger partial charge in [0.1, 0.15) is 0 Å². The van der Waals surface area contributed by atoms with Gasteiger partial charge in [0.15, 0.2) is 0 Å². The zero-order chi connectivity index (χ0) is 16.6. The molecule has 0 unspecified atom stereocenters. The minimum Gasteiger partial charge on any atom is -0.395 e. The van der Waals surface area contributed by atoms with Crippen LogP contribution in [-0.4, -0.2) is 29.0 Å². The number of allylic oxidation sites excluding steroid dienone is 5. The summed E-state index contributed by atoms with van der Waals surface area (Å²) in [5, 5.41) is 18.4. The number of nitrogens with two attached hydrogens (primary N) is 1. The van der Waals surface area contributed by atoms with Crippen molar-refractivity contribution >= 4 is 0 Å². The van der Waals surface area contributed by atoms with Gasteiger partial charge >= 0.3 is 0 Å². The molecule has 3 nitrogen and oxygen atoms in total. The van der Waals surface area contributed by atoms with E-state index in [4.69, 9.17) is 10.8 Å². The number of unbranched alkanes of at least 4 members (excludes halogenated alkanes) is 6. The normalized spacial score (nSPS) is 15.8. The van der Waals surface area contributed by atoms with Crippen LogP contribution in [0.1, 0.15) is 65.2 Å². The largest absolute Gasteiger partial charge is 0.395 e. The third-order valence-electron chi connectivity index (χ3n) is 3.64. The van der Waals surface area contributed by atoms with Gasteiger partial charge < -0.3 is 15.9 Å². The van der Waals surface area contributed by atoms with Gasteiger partial charge in [-0.1, -0.05) is 68.6 Å². The molecule has 128 valence electrons. The Morgan fingerprint density at radius 2 is 1.77 bits per heavy atom. The van der Waals surface area contributed by atoms with Crippen molar-refractivity contribution in [3.63, 3.8) is 0 Å². The summed E-state index contributed by atoms with van der Waals surface area (Å²) in [6, 6.07) is -0.589. The molecule has 0 aliphatic carbocycles. The van der Waals surface area contributed by atoms with Gasteiger partial charge in [0, 0.05) is 0 Å². The molecule has 4 N–H and O–H groups in total. The molecule has 0 aliphatic heterocycles. The van der Waals surface area contributed by atoms with Crippen molar-refractivity contribution in [3.05, 3.63) is 36.0 Å². The van der Waals surface area contributed by atoms with E-state index in [9.17, 15) is 5.11 Å². The highest BCUT2D eigenvalue weighted by Gasteiger charge is 2.08. The number of hydrogen-bond acceptors (Lipinski definition) is 3. The molecule has 0 saturated heterocycles. The Morgan fingerprint density at radius 1 is 1.05 bits per heavy atom. The van der Waals surface area contributed by atoms with Crippen LogP contribution in [0, 0.1) is 0 Å². The molecule has 0 amide bonds. The number of aliphatic hydroxyl groups is 2. The van der Waals surface area contributed by atoms with Crippen LogP contribution in [0.15, 0.2) is 36.0 Å². The molecule has 0 spiro atoms. The average molecular weight is 309 g/mol. The Morgan fingerprint density at radius 3 is 2.45 bits per heavy atom. The van der Waals surface area contributed by atoms with Gasteiger partial charge in [0.25, 0.3) is 0 Å². The van der Waals surface area contributed by atoms with E-state index in [1.54, 1.807) is 6.08 Å². The average Bonchev–Trinajstić information content (AvgIpc) is 2.52. The zero-order valence-electron chi connectivity index (χ0n) is 14.4. The second kappa shape index (κ2) is 15.0. The first kappa shape index (κ1) is 21.1. The van der Waals surface area contributed by atoms with Crippen molar-refractivity contribution in [2.24, 2.45) is 5.73 Å². The number of hydrogen-bond donors (Lipinski definition) is 3. The van der Waals surface area contributed by atoms with E-state index in [0.29, 0.717) is 0 Å². The summed E-state index contributed by atoms with van der Waals surface area (Å²) in [5.74, 6) is 0. The van der Waals surface area contributed by atoms with Crippen molar-refractivity contribution in [3.8, 4) is 0 Å². The highest BCUT2D eigenvalue weighted by atomic mass is 16.3. The van der Waals surface area contributed by atoms with E-state index in [1.807, 2.05) is 6.08 Å². The summed E-state index contributed by atoms with van der Waals surface area (Å²) in [6.07, 6.45) is 19.1. The van der Waals surface area contributed by atoms with Crippen LogP contribution in [0.4, 0.5) is 0 Å². The quantitative estimate of drug-likeness (QED) is 0.275. The van der Waals surface area contributed by atoms with Gasteiger partial charge in [-0.25, -0.2) is 0 Å². The summed E-state index contributed by atoms with van der Waals surface area (Å²) < 4.78 is 0.